The number of rotatable bonds is 6. The van der Waals surface area contributed by atoms with Crippen LogP contribution in [0.25, 0.3) is 0 Å². The fraction of sp³-hybridized carbons (Fsp3) is 0.600. The van der Waals surface area contributed by atoms with Crippen molar-refractivity contribution >= 4 is 0 Å². The molecule has 1 N–H and O–H groups in total. The van der Waals surface area contributed by atoms with Gasteiger partial charge in [-0.25, -0.2) is 0 Å². The van der Waals surface area contributed by atoms with Gasteiger partial charge in [0.1, 0.15) is 0 Å². The smallest absolute Gasteiger partial charge is 0.0622 e. The zero-order chi connectivity index (χ0) is 12.8. The van der Waals surface area contributed by atoms with Gasteiger partial charge in [-0.2, -0.15) is 0 Å². The first-order valence-electron chi connectivity index (χ1n) is 6.87. The van der Waals surface area contributed by atoms with E-state index < -0.39 is 0 Å². The van der Waals surface area contributed by atoms with Crippen molar-refractivity contribution < 1.29 is 4.74 Å². The summed E-state index contributed by atoms with van der Waals surface area (Å²) >= 11 is 0. The van der Waals surface area contributed by atoms with E-state index in [1.807, 2.05) is 0 Å². The van der Waals surface area contributed by atoms with E-state index in [9.17, 15) is 0 Å². The average Bonchev–Trinajstić information content (AvgIpc) is 2.93. The maximum atomic E-state index is 5.46. The van der Waals surface area contributed by atoms with E-state index >= 15 is 0 Å². The molecule has 1 heterocycles. The van der Waals surface area contributed by atoms with E-state index in [1.54, 1.807) is 0 Å². The van der Waals surface area contributed by atoms with E-state index in [2.05, 4.69) is 54.5 Å². The fourth-order valence-corrected chi connectivity index (χ4v) is 2.53. The highest BCUT2D eigenvalue weighted by atomic mass is 16.5. The fourth-order valence-electron chi connectivity index (χ4n) is 2.53. The van der Waals surface area contributed by atoms with Crippen LogP contribution < -0.4 is 5.32 Å². The Labute approximate surface area is 110 Å². The minimum absolute atomic E-state index is 0.404. The van der Waals surface area contributed by atoms with E-state index in [1.165, 1.54) is 5.56 Å². The van der Waals surface area contributed by atoms with Gasteiger partial charge in [-0.15, -0.1) is 0 Å². The van der Waals surface area contributed by atoms with E-state index in [0.717, 1.165) is 32.7 Å². The molecule has 3 heteroatoms. The van der Waals surface area contributed by atoms with Crippen molar-refractivity contribution in [2.75, 3.05) is 33.4 Å². The third-order valence-corrected chi connectivity index (χ3v) is 3.65. The molecule has 0 bridgehead atoms. The van der Waals surface area contributed by atoms with Crippen LogP contribution >= 0.6 is 0 Å². The number of hydrogen-bond donors (Lipinski definition) is 1. The van der Waals surface area contributed by atoms with Gasteiger partial charge in [-0.1, -0.05) is 37.3 Å². The first-order chi connectivity index (χ1) is 8.81. The molecule has 100 valence electrons. The minimum atomic E-state index is 0.404. The minimum Gasteiger partial charge on any atom is -0.380 e. The monoisotopic (exact) mass is 248 g/mol. The molecular weight excluding hydrogens is 224 g/mol. The Morgan fingerprint density at radius 3 is 2.78 bits per heavy atom. The molecule has 18 heavy (non-hydrogen) atoms. The summed E-state index contributed by atoms with van der Waals surface area (Å²) < 4.78 is 5.46. The van der Waals surface area contributed by atoms with Crippen LogP contribution in [-0.2, 0) is 4.74 Å². The van der Waals surface area contributed by atoms with Gasteiger partial charge >= 0.3 is 0 Å². The third kappa shape index (κ3) is 3.55. The third-order valence-electron chi connectivity index (χ3n) is 3.65. The van der Waals surface area contributed by atoms with Crippen LogP contribution in [0, 0.1) is 0 Å². The molecule has 1 aromatic rings. The van der Waals surface area contributed by atoms with Crippen LogP contribution in [0.15, 0.2) is 30.3 Å². The van der Waals surface area contributed by atoms with Gasteiger partial charge in [0, 0.05) is 25.2 Å². The number of nitrogens with zero attached hydrogens (tertiary/aromatic N) is 1. The number of hydrogen-bond acceptors (Lipinski definition) is 3. The Kier molecular flexibility index (Phi) is 5.17. The summed E-state index contributed by atoms with van der Waals surface area (Å²) in [6, 6.07) is 11.7. The van der Waals surface area contributed by atoms with Crippen molar-refractivity contribution in [1.29, 1.82) is 0 Å². The molecule has 1 aromatic carbocycles. The van der Waals surface area contributed by atoms with Crippen LogP contribution in [0.1, 0.15) is 24.9 Å². The lowest BCUT2D eigenvalue weighted by Crippen LogP contribution is -2.39. The van der Waals surface area contributed by atoms with Gasteiger partial charge in [0.05, 0.1) is 6.61 Å². The van der Waals surface area contributed by atoms with Gasteiger partial charge < -0.3 is 10.1 Å². The van der Waals surface area contributed by atoms with Gasteiger partial charge in [-0.3, -0.25) is 4.90 Å². The topological polar surface area (TPSA) is 24.5 Å². The van der Waals surface area contributed by atoms with Gasteiger partial charge in [0.25, 0.3) is 0 Å². The number of ether oxygens (including phenoxy) is 1. The molecule has 0 amide bonds. The maximum Gasteiger partial charge on any atom is 0.0622 e. The van der Waals surface area contributed by atoms with E-state index in [-0.39, 0.29) is 0 Å². The van der Waals surface area contributed by atoms with Crippen LogP contribution in [0.3, 0.4) is 0 Å². The first-order valence-corrected chi connectivity index (χ1v) is 6.87. The summed E-state index contributed by atoms with van der Waals surface area (Å²) in [6.07, 6.45) is 1.16. The Balaban J connectivity index is 1.97. The quantitative estimate of drug-likeness (QED) is 0.834. The normalized spacial score (nSPS) is 21.4. The van der Waals surface area contributed by atoms with Crippen molar-refractivity contribution in [3.8, 4) is 0 Å². The van der Waals surface area contributed by atoms with E-state index in [0.29, 0.717) is 12.1 Å². The molecule has 2 unspecified atom stereocenters. The molecule has 0 aliphatic carbocycles. The predicted octanol–water partition coefficient (Wildman–Crippen LogP) is 2.06. The lowest BCUT2D eigenvalue weighted by atomic mass is 10.1. The summed E-state index contributed by atoms with van der Waals surface area (Å²) in [5.74, 6) is 0. The van der Waals surface area contributed by atoms with Crippen molar-refractivity contribution in [2.24, 2.45) is 0 Å². The second-order valence-corrected chi connectivity index (χ2v) is 4.98. The largest absolute Gasteiger partial charge is 0.380 e. The summed E-state index contributed by atoms with van der Waals surface area (Å²) in [5.41, 5.74) is 1.37. The first kappa shape index (κ1) is 13.5. The zero-order valence-corrected chi connectivity index (χ0v) is 11.4. The molecular formula is C15H24N2O. The van der Waals surface area contributed by atoms with Crippen molar-refractivity contribution in [1.82, 2.24) is 10.2 Å². The molecule has 2 rings (SSSR count). The van der Waals surface area contributed by atoms with Gasteiger partial charge in [0.15, 0.2) is 0 Å². The van der Waals surface area contributed by atoms with Crippen molar-refractivity contribution in [3.05, 3.63) is 35.9 Å². The molecule has 3 nitrogen and oxygen atoms in total. The summed E-state index contributed by atoms with van der Waals surface area (Å²) in [5, 5.41) is 3.57. The Morgan fingerprint density at radius 1 is 1.39 bits per heavy atom. The highest BCUT2D eigenvalue weighted by Gasteiger charge is 2.22. The number of nitrogens with one attached hydrogen (secondary N) is 1. The highest BCUT2D eigenvalue weighted by molar-refractivity contribution is 5.19. The predicted molar refractivity (Wildman–Crippen MR) is 74.7 cm³/mol. The zero-order valence-electron chi connectivity index (χ0n) is 11.4. The number of benzene rings is 1. The van der Waals surface area contributed by atoms with Crippen LogP contribution in [-0.4, -0.2) is 44.3 Å². The maximum absolute atomic E-state index is 5.46. The number of likely N-dealkylation sites (N-methyl/N-ethyl adjacent to an activating group) is 2. The average molecular weight is 248 g/mol. The Morgan fingerprint density at radius 2 is 2.17 bits per heavy atom. The molecule has 1 aliphatic heterocycles. The lowest BCUT2D eigenvalue weighted by molar-refractivity contribution is 0.153. The van der Waals surface area contributed by atoms with Crippen molar-refractivity contribution in [2.45, 2.75) is 25.4 Å². The van der Waals surface area contributed by atoms with Crippen LogP contribution in [0.5, 0.6) is 0 Å². The van der Waals surface area contributed by atoms with Crippen molar-refractivity contribution in [3.63, 3.8) is 0 Å². The molecule has 0 aromatic heterocycles. The summed E-state index contributed by atoms with van der Waals surface area (Å²) in [6.45, 7) is 5.98. The second-order valence-electron chi connectivity index (χ2n) is 4.98. The SMILES string of the molecule is CCNC(CN(C)C1CCOC1)c1ccccc1. The van der Waals surface area contributed by atoms with Gasteiger partial charge in [0.2, 0.25) is 0 Å². The molecule has 1 saturated heterocycles. The second kappa shape index (κ2) is 6.88. The summed E-state index contributed by atoms with van der Waals surface area (Å²) in [4.78, 5) is 2.42. The standard InChI is InChI=1S/C15H24N2O/c1-3-16-15(13-7-5-4-6-8-13)11-17(2)14-9-10-18-12-14/h4-8,14-16H,3,9-12H2,1-2H3. The summed E-state index contributed by atoms with van der Waals surface area (Å²) in [7, 11) is 2.20. The van der Waals surface area contributed by atoms with E-state index in [4.69, 9.17) is 4.74 Å². The molecule has 0 saturated carbocycles. The highest BCUT2D eigenvalue weighted by Crippen LogP contribution is 2.17. The lowest BCUT2D eigenvalue weighted by Gasteiger charge is -2.28. The van der Waals surface area contributed by atoms with Gasteiger partial charge in [-0.05, 0) is 25.6 Å². The molecule has 0 spiro atoms. The molecule has 2 atom stereocenters. The Bertz CT molecular complexity index is 336. The molecule has 1 aliphatic rings. The molecule has 0 radical (unpaired) electrons. The Hall–Kier alpha value is -0.900. The van der Waals surface area contributed by atoms with Crippen LogP contribution in [0.2, 0.25) is 0 Å². The molecule has 1 fully saturated rings. The van der Waals surface area contributed by atoms with Crippen LogP contribution in [0.4, 0.5) is 0 Å².